The second-order valence-corrected chi connectivity index (χ2v) is 9.27. The smallest absolute Gasteiger partial charge is 0.292 e. The predicted molar refractivity (Wildman–Crippen MR) is 106 cm³/mol. The summed E-state index contributed by atoms with van der Waals surface area (Å²) in [7, 11) is 0. The third kappa shape index (κ3) is 2.79. The van der Waals surface area contributed by atoms with Crippen LogP contribution in [0.1, 0.15) is 60.3 Å². The molecule has 6 rings (SSSR count). The third-order valence-corrected chi connectivity index (χ3v) is 7.14. The van der Waals surface area contributed by atoms with Gasteiger partial charge in [0.25, 0.3) is 11.7 Å². The lowest BCUT2D eigenvalue weighted by atomic mass is 9.53. The fourth-order valence-electron chi connectivity index (χ4n) is 6.47. The van der Waals surface area contributed by atoms with Crippen LogP contribution in [0.15, 0.2) is 30.3 Å². The molecule has 4 aliphatic carbocycles. The highest BCUT2D eigenvalue weighted by Gasteiger charge is 2.52. The number of carbonyl (C=O) groups excluding carboxylic acids is 2. The van der Waals surface area contributed by atoms with E-state index < -0.39 is 11.7 Å². The van der Waals surface area contributed by atoms with Crippen LogP contribution in [0.4, 0.5) is 0 Å². The molecular formula is C23H27N3O2. The number of rotatable bonds is 4. The minimum Gasteiger partial charge on any atom is -0.344 e. The van der Waals surface area contributed by atoms with Crippen molar-refractivity contribution in [3.05, 3.63) is 47.3 Å². The van der Waals surface area contributed by atoms with Crippen LogP contribution in [0.25, 0.3) is 5.69 Å². The Labute approximate surface area is 165 Å². The average molecular weight is 377 g/mol. The maximum atomic E-state index is 13.1. The Kier molecular flexibility index (Phi) is 3.97. The topological polar surface area (TPSA) is 64.0 Å². The zero-order valence-electron chi connectivity index (χ0n) is 16.6. The zero-order chi connectivity index (χ0) is 19.5. The number of aromatic nitrogens is 2. The SMILES string of the molecule is Cc1nn(-c2ccccc2)c(C)c1C(=O)C(=O)NC12CC3CC(CC(C3)C1)C2. The van der Waals surface area contributed by atoms with Crippen molar-refractivity contribution in [2.75, 3.05) is 0 Å². The van der Waals surface area contributed by atoms with Crippen LogP contribution in [0.5, 0.6) is 0 Å². The first kappa shape index (κ1) is 17.7. The van der Waals surface area contributed by atoms with E-state index >= 15 is 0 Å². The van der Waals surface area contributed by atoms with Gasteiger partial charge >= 0.3 is 0 Å². The molecule has 4 saturated carbocycles. The number of aryl methyl sites for hydroxylation is 1. The second kappa shape index (κ2) is 6.29. The Morgan fingerprint density at radius 1 is 1.00 bits per heavy atom. The molecule has 0 unspecified atom stereocenters. The molecule has 1 amide bonds. The second-order valence-electron chi connectivity index (χ2n) is 9.27. The van der Waals surface area contributed by atoms with Crippen LogP contribution in [0.2, 0.25) is 0 Å². The Balaban J connectivity index is 1.40. The van der Waals surface area contributed by atoms with Crippen LogP contribution in [-0.4, -0.2) is 27.0 Å². The number of amides is 1. The maximum absolute atomic E-state index is 13.1. The van der Waals surface area contributed by atoms with E-state index in [1.165, 1.54) is 19.3 Å². The first-order chi connectivity index (χ1) is 13.4. The highest BCUT2D eigenvalue weighted by Crippen LogP contribution is 2.55. The van der Waals surface area contributed by atoms with Crippen LogP contribution in [-0.2, 0) is 4.79 Å². The zero-order valence-corrected chi connectivity index (χ0v) is 16.6. The van der Waals surface area contributed by atoms with E-state index in [-0.39, 0.29) is 5.54 Å². The van der Waals surface area contributed by atoms with Gasteiger partial charge in [-0.1, -0.05) is 18.2 Å². The summed E-state index contributed by atoms with van der Waals surface area (Å²) >= 11 is 0. The molecule has 0 aliphatic heterocycles. The van der Waals surface area contributed by atoms with Crippen molar-refractivity contribution in [2.45, 2.75) is 57.9 Å². The van der Waals surface area contributed by atoms with Gasteiger partial charge in [-0.3, -0.25) is 9.59 Å². The summed E-state index contributed by atoms with van der Waals surface area (Å²) < 4.78 is 1.75. The molecule has 0 atom stereocenters. The van der Waals surface area contributed by atoms with Crippen LogP contribution in [0.3, 0.4) is 0 Å². The minimum absolute atomic E-state index is 0.154. The highest BCUT2D eigenvalue weighted by molar-refractivity contribution is 6.43. The largest absolute Gasteiger partial charge is 0.344 e. The van der Waals surface area contributed by atoms with E-state index in [0.29, 0.717) is 11.3 Å². The highest BCUT2D eigenvalue weighted by atomic mass is 16.2. The Bertz CT molecular complexity index is 909. The molecule has 4 aliphatic rings. The normalized spacial score (nSPS) is 30.4. The maximum Gasteiger partial charge on any atom is 0.292 e. The Morgan fingerprint density at radius 3 is 2.14 bits per heavy atom. The van der Waals surface area contributed by atoms with Crippen molar-refractivity contribution in [1.29, 1.82) is 0 Å². The van der Waals surface area contributed by atoms with Gasteiger partial charge in [0.2, 0.25) is 0 Å². The van der Waals surface area contributed by atoms with E-state index in [1.54, 1.807) is 11.6 Å². The molecule has 1 N–H and O–H groups in total. The summed E-state index contributed by atoms with van der Waals surface area (Å²) in [6, 6.07) is 9.71. The monoisotopic (exact) mass is 377 g/mol. The van der Waals surface area contributed by atoms with Gasteiger partial charge in [0.15, 0.2) is 0 Å². The number of carbonyl (C=O) groups is 2. The fourth-order valence-corrected chi connectivity index (χ4v) is 6.47. The van der Waals surface area contributed by atoms with E-state index in [2.05, 4.69) is 10.4 Å². The molecule has 5 heteroatoms. The molecule has 4 fully saturated rings. The molecule has 28 heavy (non-hydrogen) atoms. The van der Waals surface area contributed by atoms with E-state index in [0.717, 1.165) is 48.4 Å². The number of nitrogens with one attached hydrogen (secondary N) is 1. The summed E-state index contributed by atoms with van der Waals surface area (Å²) in [5, 5.41) is 7.73. The number of para-hydroxylation sites is 1. The standard InChI is InChI=1S/C23H27N3O2/c1-14-20(15(2)26(25-14)19-6-4-3-5-7-19)21(27)22(28)24-23-11-16-8-17(12-23)10-18(9-16)13-23/h3-7,16-18H,8-13H2,1-2H3,(H,24,28). The van der Waals surface area contributed by atoms with E-state index in [9.17, 15) is 9.59 Å². The van der Waals surface area contributed by atoms with Crippen LogP contribution >= 0.6 is 0 Å². The Morgan fingerprint density at radius 2 is 1.57 bits per heavy atom. The lowest BCUT2D eigenvalue weighted by Gasteiger charge is -2.56. The van der Waals surface area contributed by atoms with Crippen molar-refractivity contribution >= 4 is 11.7 Å². The third-order valence-electron chi connectivity index (χ3n) is 7.14. The van der Waals surface area contributed by atoms with E-state index in [1.807, 2.05) is 37.3 Å². The van der Waals surface area contributed by atoms with Crippen LogP contribution in [0, 0.1) is 31.6 Å². The van der Waals surface area contributed by atoms with Gasteiger partial charge < -0.3 is 5.32 Å². The average Bonchev–Trinajstić information content (AvgIpc) is 2.94. The molecular weight excluding hydrogens is 350 g/mol. The molecule has 1 aromatic carbocycles. The van der Waals surface area contributed by atoms with Gasteiger partial charge in [-0.25, -0.2) is 4.68 Å². The van der Waals surface area contributed by atoms with Gasteiger partial charge in [0, 0.05) is 5.54 Å². The van der Waals surface area contributed by atoms with Crippen molar-refractivity contribution in [1.82, 2.24) is 15.1 Å². The number of benzene rings is 1. The van der Waals surface area contributed by atoms with Crippen molar-refractivity contribution < 1.29 is 9.59 Å². The first-order valence-corrected chi connectivity index (χ1v) is 10.4. The lowest BCUT2D eigenvalue weighted by molar-refractivity contribution is -0.122. The van der Waals surface area contributed by atoms with Gasteiger partial charge in [-0.15, -0.1) is 0 Å². The number of ketones is 1. The summed E-state index contributed by atoms with van der Waals surface area (Å²) in [5.41, 5.74) is 2.50. The summed E-state index contributed by atoms with van der Waals surface area (Å²) in [6.07, 6.45) is 7.05. The van der Waals surface area contributed by atoms with Gasteiger partial charge in [-0.05, 0) is 82.3 Å². The first-order valence-electron chi connectivity index (χ1n) is 10.4. The molecule has 2 aromatic rings. The van der Waals surface area contributed by atoms with Crippen LogP contribution < -0.4 is 5.32 Å². The van der Waals surface area contributed by atoms with E-state index in [4.69, 9.17) is 0 Å². The van der Waals surface area contributed by atoms with Crippen molar-refractivity contribution in [2.24, 2.45) is 17.8 Å². The summed E-state index contributed by atoms with van der Waals surface area (Å²) in [6.45, 7) is 3.66. The molecule has 1 heterocycles. The Hall–Kier alpha value is -2.43. The molecule has 5 nitrogen and oxygen atoms in total. The van der Waals surface area contributed by atoms with Crippen molar-refractivity contribution in [3.8, 4) is 5.69 Å². The fraction of sp³-hybridized carbons (Fsp3) is 0.522. The summed E-state index contributed by atoms with van der Waals surface area (Å²) in [4.78, 5) is 26.1. The van der Waals surface area contributed by atoms with Gasteiger partial charge in [-0.2, -0.15) is 5.10 Å². The molecule has 4 bridgehead atoms. The van der Waals surface area contributed by atoms with Gasteiger partial charge in [0.1, 0.15) is 0 Å². The number of hydrogen-bond donors (Lipinski definition) is 1. The lowest BCUT2D eigenvalue weighted by Crippen LogP contribution is -2.60. The molecule has 0 saturated heterocycles. The van der Waals surface area contributed by atoms with Crippen molar-refractivity contribution in [3.63, 3.8) is 0 Å². The number of hydrogen-bond acceptors (Lipinski definition) is 3. The number of Topliss-reactive ketones (excluding diaryl/α,β-unsaturated/α-hetero) is 1. The minimum atomic E-state index is -0.458. The quantitative estimate of drug-likeness (QED) is 0.652. The summed E-state index contributed by atoms with van der Waals surface area (Å²) in [5.74, 6) is 1.27. The number of nitrogens with zero attached hydrogens (tertiary/aromatic N) is 2. The predicted octanol–water partition coefficient (Wildman–Crippen LogP) is 3.76. The van der Waals surface area contributed by atoms with Gasteiger partial charge in [0.05, 0.1) is 22.6 Å². The molecule has 146 valence electrons. The molecule has 0 spiro atoms. The molecule has 1 aromatic heterocycles. The molecule has 0 radical (unpaired) electrons.